The molecule has 150 valence electrons. The normalized spacial score (nSPS) is 16.1. The van der Waals surface area contributed by atoms with Crippen molar-refractivity contribution in [1.82, 2.24) is 0 Å². The molecule has 7 nitrogen and oxygen atoms in total. The molecular formula is C22H20O7. The van der Waals surface area contributed by atoms with E-state index in [9.17, 15) is 14.7 Å². The van der Waals surface area contributed by atoms with Crippen LogP contribution >= 0.6 is 0 Å². The molecule has 3 aromatic rings. The van der Waals surface area contributed by atoms with Gasteiger partial charge >= 0.3 is 11.6 Å². The minimum absolute atomic E-state index is 0.0170. The minimum Gasteiger partial charge on any atom is -0.508 e. The third-order valence-electron chi connectivity index (χ3n) is 4.72. The van der Waals surface area contributed by atoms with Gasteiger partial charge in [0, 0.05) is 29.7 Å². The van der Waals surface area contributed by atoms with Crippen LogP contribution in [0.3, 0.4) is 0 Å². The van der Waals surface area contributed by atoms with E-state index in [1.807, 2.05) is 0 Å². The van der Waals surface area contributed by atoms with Crippen molar-refractivity contribution in [3.63, 3.8) is 0 Å². The van der Waals surface area contributed by atoms with Crippen LogP contribution < -0.4 is 10.4 Å². The van der Waals surface area contributed by atoms with Gasteiger partial charge in [-0.2, -0.15) is 0 Å². The van der Waals surface area contributed by atoms with Gasteiger partial charge in [-0.1, -0.05) is 0 Å². The SMILES string of the molecule is O=C(OCc1cc(=O)oc2cc(O)ccc12)c1ccc(OC[C@H]2CCCO2)cc1. The van der Waals surface area contributed by atoms with E-state index < -0.39 is 11.6 Å². The van der Waals surface area contributed by atoms with E-state index >= 15 is 0 Å². The number of carbonyl (C=O) groups excluding carboxylic acids is 1. The molecule has 0 unspecified atom stereocenters. The fourth-order valence-electron chi connectivity index (χ4n) is 3.22. The first-order chi connectivity index (χ1) is 14.1. The van der Waals surface area contributed by atoms with Crippen LogP contribution in [0, 0.1) is 0 Å². The summed E-state index contributed by atoms with van der Waals surface area (Å²) in [5.74, 6) is 0.121. The number of fused-ring (bicyclic) bond motifs is 1. The summed E-state index contributed by atoms with van der Waals surface area (Å²) in [7, 11) is 0. The Balaban J connectivity index is 1.39. The van der Waals surface area contributed by atoms with Gasteiger partial charge in [0.2, 0.25) is 0 Å². The summed E-state index contributed by atoms with van der Waals surface area (Å²) in [5.41, 5.74) is 0.527. The quantitative estimate of drug-likeness (QED) is 0.504. The lowest BCUT2D eigenvalue weighted by molar-refractivity contribution is 0.0473. The number of hydrogen-bond acceptors (Lipinski definition) is 7. The van der Waals surface area contributed by atoms with E-state index in [1.165, 1.54) is 18.2 Å². The number of esters is 1. The number of aromatic hydroxyl groups is 1. The Bertz CT molecular complexity index is 1060. The van der Waals surface area contributed by atoms with Crippen molar-refractivity contribution < 1.29 is 28.5 Å². The molecule has 0 bridgehead atoms. The van der Waals surface area contributed by atoms with E-state index in [-0.39, 0.29) is 24.0 Å². The Labute approximate surface area is 166 Å². The Morgan fingerprint density at radius 2 is 1.97 bits per heavy atom. The zero-order valence-corrected chi connectivity index (χ0v) is 15.6. The lowest BCUT2D eigenvalue weighted by Gasteiger charge is -2.12. The standard InChI is InChI=1S/C22H20O7/c23-16-5-8-19-15(10-21(24)29-20(19)11-16)12-28-22(25)14-3-6-17(7-4-14)27-13-18-2-1-9-26-18/h3-8,10-11,18,23H,1-2,9,12-13H2/t18-/m1/s1. The first kappa shape index (κ1) is 19.0. The average Bonchev–Trinajstić information content (AvgIpc) is 3.24. The van der Waals surface area contributed by atoms with Crippen LogP contribution in [0.25, 0.3) is 11.0 Å². The minimum atomic E-state index is -0.582. The van der Waals surface area contributed by atoms with Crippen molar-refractivity contribution in [2.75, 3.05) is 13.2 Å². The fourth-order valence-corrected chi connectivity index (χ4v) is 3.22. The van der Waals surface area contributed by atoms with Gasteiger partial charge in [-0.25, -0.2) is 9.59 Å². The van der Waals surface area contributed by atoms with Gasteiger partial charge in [-0.15, -0.1) is 0 Å². The number of phenols is 1. The van der Waals surface area contributed by atoms with Gasteiger partial charge in [0.15, 0.2) is 0 Å². The molecule has 7 heteroatoms. The molecule has 1 atom stereocenters. The second-order valence-corrected chi connectivity index (χ2v) is 6.82. The van der Waals surface area contributed by atoms with Crippen molar-refractivity contribution in [3.8, 4) is 11.5 Å². The van der Waals surface area contributed by atoms with E-state index in [2.05, 4.69) is 0 Å². The van der Waals surface area contributed by atoms with Crippen LogP contribution in [0.1, 0.15) is 28.8 Å². The lowest BCUT2D eigenvalue weighted by Crippen LogP contribution is -2.16. The van der Waals surface area contributed by atoms with E-state index in [1.54, 1.807) is 30.3 Å². The third kappa shape index (κ3) is 4.57. The smallest absolute Gasteiger partial charge is 0.338 e. The zero-order valence-electron chi connectivity index (χ0n) is 15.6. The highest BCUT2D eigenvalue weighted by Crippen LogP contribution is 2.23. The van der Waals surface area contributed by atoms with Crippen LogP contribution in [0.4, 0.5) is 0 Å². The van der Waals surface area contributed by atoms with Crippen molar-refractivity contribution in [1.29, 1.82) is 0 Å². The molecule has 1 N–H and O–H groups in total. The summed E-state index contributed by atoms with van der Waals surface area (Å²) < 4.78 is 21.6. The number of rotatable bonds is 6. The van der Waals surface area contributed by atoms with E-state index in [0.29, 0.717) is 28.9 Å². The number of benzene rings is 2. The molecule has 0 amide bonds. The third-order valence-corrected chi connectivity index (χ3v) is 4.72. The van der Waals surface area contributed by atoms with Crippen LogP contribution in [-0.2, 0) is 16.1 Å². The van der Waals surface area contributed by atoms with Crippen LogP contribution in [-0.4, -0.2) is 30.4 Å². The highest BCUT2D eigenvalue weighted by Gasteiger charge is 2.16. The Morgan fingerprint density at radius 3 is 2.72 bits per heavy atom. The summed E-state index contributed by atoms with van der Waals surface area (Å²) in [6.07, 6.45) is 2.18. The second kappa shape index (κ2) is 8.36. The molecule has 4 rings (SSSR count). The molecule has 2 heterocycles. The summed E-state index contributed by atoms with van der Waals surface area (Å²) in [6, 6.07) is 12.4. The first-order valence-corrected chi connectivity index (χ1v) is 9.36. The van der Waals surface area contributed by atoms with Crippen LogP contribution in [0.5, 0.6) is 11.5 Å². The number of hydrogen-bond donors (Lipinski definition) is 1. The molecule has 1 fully saturated rings. The van der Waals surface area contributed by atoms with E-state index in [4.69, 9.17) is 18.6 Å². The lowest BCUT2D eigenvalue weighted by atomic mass is 10.1. The summed E-state index contributed by atoms with van der Waals surface area (Å²) >= 11 is 0. The largest absolute Gasteiger partial charge is 0.508 e. The van der Waals surface area contributed by atoms with Crippen molar-refractivity contribution in [2.45, 2.75) is 25.6 Å². The molecule has 0 aliphatic carbocycles. The maximum absolute atomic E-state index is 12.3. The van der Waals surface area contributed by atoms with Crippen molar-refractivity contribution in [2.24, 2.45) is 0 Å². The highest BCUT2D eigenvalue weighted by atomic mass is 16.5. The number of phenolic OH excluding ortho intramolecular Hbond substituents is 1. The Kier molecular flexibility index (Phi) is 5.48. The molecule has 1 aliphatic rings. The Hall–Kier alpha value is -3.32. The van der Waals surface area contributed by atoms with Gasteiger partial charge < -0.3 is 23.7 Å². The second-order valence-electron chi connectivity index (χ2n) is 6.82. The van der Waals surface area contributed by atoms with Crippen LogP contribution in [0.2, 0.25) is 0 Å². The van der Waals surface area contributed by atoms with Gasteiger partial charge in [-0.3, -0.25) is 0 Å². The summed E-state index contributed by atoms with van der Waals surface area (Å²) in [4.78, 5) is 24.1. The van der Waals surface area contributed by atoms with Crippen LogP contribution in [0.15, 0.2) is 57.7 Å². The first-order valence-electron chi connectivity index (χ1n) is 9.36. The van der Waals surface area contributed by atoms with Gasteiger partial charge in [0.1, 0.15) is 30.3 Å². The number of carbonyl (C=O) groups is 1. The molecule has 0 saturated carbocycles. The molecule has 29 heavy (non-hydrogen) atoms. The molecule has 1 aromatic heterocycles. The van der Waals surface area contributed by atoms with Gasteiger partial charge in [0.25, 0.3) is 0 Å². The Morgan fingerprint density at radius 1 is 1.14 bits per heavy atom. The maximum Gasteiger partial charge on any atom is 0.338 e. The zero-order chi connectivity index (χ0) is 20.2. The molecule has 1 saturated heterocycles. The van der Waals surface area contributed by atoms with Crippen molar-refractivity contribution >= 4 is 16.9 Å². The summed E-state index contributed by atoms with van der Waals surface area (Å²) in [5, 5.41) is 10.1. The molecule has 0 radical (unpaired) electrons. The predicted molar refractivity (Wildman–Crippen MR) is 104 cm³/mol. The summed E-state index contributed by atoms with van der Waals surface area (Å²) in [6.45, 7) is 1.17. The maximum atomic E-state index is 12.3. The predicted octanol–water partition coefficient (Wildman–Crippen LogP) is 3.41. The molecule has 0 spiro atoms. The molecule has 2 aromatic carbocycles. The highest BCUT2D eigenvalue weighted by molar-refractivity contribution is 5.89. The monoisotopic (exact) mass is 396 g/mol. The van der Waals surface area contributed by atoms with Gasteiger partial charge in [0.05, 0.1) is 11.7 Å². The molecule has 1 aliphatic heterocycles. The topological polar surface area (TPSA) is 95.2 Å². The van der Waals surface area contributed by atoms with Gasteiger partial charge in [-0.05, 0) is 49.2 Å². The fraction of sp³-hybridized carbons (Fsp3) is 0.273. The average molecular weight is 396 g/mol. The van der Waals surface area contributed by atoms with Crippen molar-refractivity contribution in [3.05, 3.63) is 70.1 Å². The number of ether oxygens (including phenoxy) is 3. The molecular weight excluding hydrogens is 376 g/mol. The van der Waals surface area contributed by atoms with E-state index in [0.717, 1.165) is 19.4 Å².